The lowest BCUT2D eigenvalue weighted by Crippen LogP contribution is -2.29. The van der Waals surface area contributed by atoms with Gasteiger partial charge in [-0.05, 0) is 12.8 Å². The van der Waals surface area contributed by atoms with E-state index in [1.807, 2.05) is 10.8 Å². The molecule has 4 heteroatoms. The smallest absolute Gasteiger partial charge is 0.328 e. The Labute approximate surface area is 76.7 Å². The third-order valence-corrected chi connectivity index (χ3v) is 2.56. The second kappa shape index (κ2) is 3.38. The summed E-state index contributed by atoms with van der Waals surface area (Å²) in [6, 6.07) is 0.336. The number of nitrogens with zero attached hydrogens (tertiary/aromatic N) is 2. The van der Waals surface area contributed by atoms with Crippen molar-refractivity contribution in [2.75, 3.05) is 13.2 Å². The Morgan fingerprint density at radius 3 is 2.62 bits per heavy atom. The Morgan fingerprint density at radius 2 is 2.08 bits per heavy atom. The standard InChI is InChI=1S/C9H14N2O2/c1-10-4-5-11(9(10)12)8-2-6-13-7-3-8/h4-5,8H,2-3,6-7H2,1H3. The minimum Gasteiger partial charge on any atom is -0.381 e. The topological polar surface area (TPSA) is 36.2 Å². The van der Waals surface area contributed by atoms with Crippen molar-refractivity contribution >= 4 is 0 Å². The lowest BCUT2D eigenvalue weighted by Gasteiger charge is -2.22. The molecule has 0 aliphatic carbocycles. The molecule has 1 aliphatic rings. The van der Waals surface area contributed by atoms with E-state index in [0.29, 0.717) is 6.04 Å². The summed E-state index contributed by atoms with van der Waals surface area (Å²) in [5, 5.41) is 0. The van der Waals surface area contributed by atoms with E-state index in [9.17, 15) is 4.79 Å². The predicted molar refractivity (Wildman–Crippen MR) is 48.8 cm³/mol. The minimum atomic E-state index is 0.0758. The lowest BCUT2D eigenvalue weighted by atomic mass is 10.1. The monoisotopic (exact) mass is 182 g/mol. The second-order valence-electron chi connectivity index (χ2n) is 3.44. The molecule has 0 bridgehead atoms. The van der Waals surface area contributed by atoms with E-state index in [1.54, 1.807) is 17.8 Å². The average molecular weight is 182 g/mol. The molecule has 1 aromatic heterocycles. The zero-order valence-electron chi connectivity index (χ0n) is 7.77. The largest absolute Gasteiger partial charge is 0.381 e. The molecule has 2 heterocycles. The molecule has 1 fully saturated rings. The van der Waals surface area contributed by atoms with Gasteiger partial charge in [0.05, 0.1) is 0 Å². The average Bonchev–Trinajstić information content (AvgIpc) is 2.49. The van der Waals surface area contributed by atoms with Crippen LogP contribution in [0.15, 0.2) is 17.2 Å². The molecule has 0 unspecified atom stereocenters. The summed E-state index contributed by atoms with van der Waals surface area (Å²) in [6.07, 6.45) is 5.56. The van der Waals surface area contributed by atoms with Gasteiger partial charge in [-0.1, -0.05) is 0 Å². The van der Waals surface area contributed by atoms with E-state index < -0.39 is 0 Å². The number of hydrogen-bond acceptors (Lipinski definition) is 2. The molecule has 2 rings (SSSR count). The molecule has 1 saturated heterocycles. The Kier molecular flexibility index (Phi) is 2.22. The van der Waals surface area contributed by atoms with Crippen molar-refractivity contribution < 1.29 is 4.74 Å². The van der Waals surface area contributed by atoms with E-state index in [4.69, 9.17) is 4.74 Å². The molecule has 1 aliphatic heterocycles. The zero-order valence-corrected chi connectivity index (χ0v) is 7.77. The van der Waals surface area contributed by atoms with Crippen LogP contribution in [0.2, 0.25) is 0 Å². The molecular weight excluding hydrogens is 168 g/mol. The van der Waals surface area contributed by atoms with Crippen molar-refractivity contribution in [3.8, 4) is 0 Å². The lowest BCUT2D eigenvalue weighted by molar-refractivity contribution is 0.0686. The quantitative estimate of drug-likeness (QED) is 0.635. The minimum absolute atomic E-state index is 0.0758. The molecule has 72 valence electrons. The highest BCUT2D eigenvalue weighted by Crippen LogP contribution is 2.18. The van der Waals surface area contributed by atoms with Gasteiger partial charge in [0.2, 0.25) is 0 Å². The molecule has 4 nitrogen and oxygen atoms in total. The van der Waals surface area contributed by atoms with Gasteiger partial charge in [-0.15, -0.1) is 0 Å². The highest BCUT2D eigenvalue weighted by molar-refractivity contribution is 4.85. The number of aromatic nitrogens is 2. The fourth-order valence-electron chi connectivity index (χ4n) is 1.72. The van der Waals surface area contributed by atoms with Crippen LogP contribution in [0.4, 0.5) is 0 Å². The zero-order chi connectivity index (χ0) is 9.26. The molecule has 0 spiro atoms. The van der Waals surface area contributed by atoms with Crippen LogP contribution in [-0.4, -0.2) is 22.3 Å². The van der Waals surface area contributed by atoms with E-state index in [-0.39, 0.29) is 5.69 Å². The molecule has 0 radical (unpaired) electrons. The molecular formula is C9H14N2O2. The van der Waals surface area contributed by atoms with E-state index in [2.05, 4.69) is 0 Å². The van der Waals surface area contributed by atoms with Gasteiger partial charge in [0.25, 0.3) is 0 Å². The first kappa shape index (κ1) is 8.56. The van der Waals surface area contributed by atoms with E-state index in [1.165, 1.54) is 0 Å². The third kappa shape index (κ3) is 1.54. The van der Waals surface area contributed by atoms with Crippen molar-refractivity contribution in [1.29, 1.82) is 0 Å². The van der Waals surface area contributed by atoms with Crippen molar-refractivity contribution in [3.05, 3.63) is 22.9 Å². The summed E-state index contributed by atoms with van der Waals surface area (Å²) in [4.78, 5) is 11.6. The summed E-state index contributed by atoms with van der Waals surface area (Å²) in [5.41, 5.74) is 0.0758. The Balaban J connectivity index is 2.24. The molecule has 1 aromatic rings. The van der Waals surface area contributed by atoms with Crippen LogP contribution < -0.4 is 5.69 Å². The van der Waals surface area contributed by atoms with Gasteiger partial charge in [-0.25, -0.2) is 4.79 Å². The Morgan fingerprint density at radius 1 is 1.38 bits per heavy atom. The number of aryl methyl sites for hydroxylation is 1. The van der Waals surface area contributed by atoms with Crippen LogP contribution in [0.25, 0.3) is 0 Å². The van der Waals surface area contributed by atoms with Crippen molar-refractivity contribution in [2.45, 2.75) is 18.9 Å². The summed E-state index contributed by atoms with van der Waals surface area (Å²) in [7, 11) is 1.78. The maximum atomic E-state index is 11.6. The van der Waals surface area contributed by atoms with Crippen LogP contribution in [0.1, 0.15) is 18.9 Å². The predicted octanol–water partition coefficient (Wildman–Crippen LogP) is 0.538. The summed E-state index contributed by atoms with van der Waals surface area (Å²) >= 11 is 0. The molecule has 0 amide bonds. The highest BCUT2D eigenvalue weighted by atomic mass is 16.5. The van der Waals surface area contributed by atoms with Crippen LogP contribution in [0.5, 0.6) is 0 Å². The van der Waals surface area contributed by atoms with Gasteiger partial charge >= 0.3 is 5.69 Å². The van der Waals surface area contributed by atoms with E-state index in [0.717, 1.165) is 26.1 Å². The molecule has 13 heavy (non-hydrogen) atoms. The SMILES string of the molecule is Cn1ccn(C2CCOCC2)c1=O. The van der Waals surface area contributed by atoms with Crippen LogP contribution in [-0.2, 0) is 11.8 Å². The normalized spacial score (nSPS) is 19.2. The highest BCUT2D eigenvalue weighted by Gasteiger charge is 2.17. The van der Waals surface area contributed by atoms with Gasteiger partial charge in [0.15, 0.2) is 0 Å². The van der Waals surface area contributed by atoms with Gasteiger partial charge < -0.3 is 9.30 Å². The summed E-state index contributed by atoms with van der Waals surface area (Å²) in [6.45, 7) is 1.54. The molecule has 0 atom stereocenters. The second-order valence-corrected chi connectivity index (χ2v) is 3.44. The van der Waals surface area contributed by atoms with Crippen LogP contribution in [0, 0.1) is 0 Å². The number of hydrogen-bond donors (Lipinski definition) is 0. The number of imidazole rings is 1. The van der Waals surface area contributed by atoms with E-state index >= 15 is 0 Å². The Bertz CT molecular complexity index is 334. The Hall–Kier alpha value is -1.03. The molecule has 0 aromatic carbocycles. The fourth-order valence-corrected chi connectivity index (χ4v) is 1.72. The molecule has 0 N–H and O–H groups in total. The van der Waals surface area contributed by atoms with Crippen LogP contribution in [0.3, 0.4) is 0 Å². The summed E-state index contributed by atoms with van der Waals surface area (Å²) < 4.78 is 8.66. The van der Waals surface area contributed by atoms with Crippen molar-refractivity contribution in [3.63, 3.8) is 0 Å². The van der Waals surface area contributed by atoms with Crippen LogP contribution >= 0.6 is 0 Å². The van der Waals surface area contributed by atoms with Gasteiger partial charge in [0.1, 0.15) is 0 Å². The maximum absolute atomic E-state index is 11.6. The van der Waals surface area contributed by atoms with Gasteiger partial charge in [-0.3, -0.25) is 4.57 Å². The van der Waals surface area contributed by atoms with Gasteiger partial charge in [0, 0.05) is 38.7 Å². The van der Waals surface area contributed by atoms with Gasteiger partial charge in [-0.2, -0.15) is 0 Å². The number of rotatable bonds is 1. The maximum Gasteiger partial charge on any atom is 0.328 e. The first-order valence-corrected chi connectivity index (χ1v) is 4.60. The first-order valence-electron chi connectivity index (χ1n) is 4.60. The van der Waals surface area contributed by atoms with Crippen molar-refractivity contribution in [2.24, 2.45) is 7.05 Å². The number of ether oxygens (including phenoxy) is 1. The molecule has 0 saturated carbocycles. The summed E-state index contributed by atoms with van der Waals surface area (Å²) in [5.74, 6) is 0. The first-order chi connectivity index (χ1) is 6.29. The van der Waals surface area contributed by atoms with Crippen molar-refractivity contribution in [1.82, 2.24) is 9.13 Å². The third-order valence-electron chi connectivity index (χ3n) is 2.56. The fraction of sp³-hybridized carbons (Fsp3) is 0.667.